The molecule has 6 nitrogen and oxygen atoms in total. The Morgan fingerprint density at radius 1 is 1.31 bits per heavy atom. The van der Waals surface area contributed by atoms with Crippen molar-refractivity contribution in [3.05, 3.63) is 32.6 Å². The van der Waals surface area contributed by atoms with E-state index >= 15 is 0 Å². The first kappa shape index (κ1) is 10.4. The molecule has 6 heteroatoms. The highest BCUT2D eigenvalue weighted by molar-refractivity contribution is 5.86. The average Bonchev–Trinajstić information content (AvgIpc) is 2.32. The van der Waals surface area contributed by atoms with Crippen LogP contribution in [0.4, 0.5) is 0 Å². The molecule has 0 bridgehead atoms. The quantitative estimate of drug-likeness (QED) is 0.757. The van der Waals surface area contributed by atoms with Gasteiger partial charge in [0.05, 0.1) is 23.6 Å². The van der Waals surface area contributed by atoms with Crippen LogP contribution in [0.15, 0.2) is 15.8 Å². The Hall–Kier alpha value is -2.11. The summed E-state index contributed by atoms with van der Waals surface area (Å²) >= 11 is 0. The molecule has 0 atom stereocenters. The molecule has 84 valence electrons. The summed E-state index contributed by atoms with van der Waals surface area (Å²) in [5.41, 5.74) is -0.113. The smallest absolute Gasteiger partial charge is 0.274 e. The minimum absolute atomic E-state index is 0.234. The summed E-state index contributed by atoms with van der Waals surface area (Å²) in [5, 5.41) is 4.99. The van der Waals surface area contributed by atoms with E-state index in [1.54, 1.807) is 0 Å². The monoisotopic (exact) mass is 221 g/mol. The van der Waals surface area contributed by atoms with Crippen LogP contribution in [0.1, 0.15) is 12.6 Å². The number of ether oxygens (including phenoxy) is 1. The van der Waals surface area contributed by atoms with Gasteiger partial charge in [-0.1, -0.05) is 6.92 Å². The first-order chi connectivity index (χ1) is 7.69. The van der Waals surface area contributed by atoms with Crippen molar-refractivity contribution >= 4 is 10.8 Å². The zero-order chi connectivity index (χ0) is 11.7. The molecule has 0 unspecified atom stereocenters. The molecular formula is C10H11N3O3. The molecule has 0 aliphatic heterocycles. The fourth-order valence-electron chi connectivity index (χ4n) is 1.64. The topological polar surface area (TPSA) is 87.8 Å². The van der Waals surface area contributed by atoms with E-state index < -0.39 is 0 Å². The van der Waals surface area contributed by atoms with Crippen LogP contribution in [-0.2, 0) is 6.42 Å². The lowest BCUT2D eigenvalue weighted by atomic mass is 10.1. The number of hydrogen-bond donors (Lipinski definition) is 2. The van der Waals surface area contributed by atoms with Gasteiger partial charge in [0.1, 0.15) is 0 Å². The van der Waals surface area contributed by atoms with Crippen molar-refractivity contribution in [1.29, 1.82) is 0 Å². The van der Waals surface area contributed by atoms with Gasteiger partial charge >= 0.3 is 0 Å². The first-order valence-electron chi connectivity index (χ1n) is 4.85. The zero-order valence-electron chi connectivity index (χ0n) is 8.96. The lowest BCUT2D eigenvalue weighted by molar-refractivity contribution is 0.412. The Morgan fingerprint density at radius 3 is 2.62 bits per heavy atom. The summed E-state index contributed by atoms with van der Waals surface area (Å²) in [7, 11) is 1.45. The Balaban J connectivity index is 3.03. The van der Waals surface area contributed by atoms with Gasteiger partial charge in [-0.2, -0.15) is 0 Å². The van der Waals surface area contributed by atoms with Crippen LogP contribution in [0.5, 0.6) is 5.75 Å². The van der Waals surface area contributed by atoms with Gasteiger partial charge < -0.3 is 4.74 Å². The van der Waals surface area contributed by atoms with Crippen LogP contribution >= 0.6 is 0 Å². The number of fused-ring (bicyclic) bond motifs is 1. The second-order valence-corrected chi connectivity index (χ2v) is 3.29. The molecule has 0 radical (unpaired) electrons. The number of hydrogen-bond acceptors (Lipinski definition) is 4. The van der Waals surface area contributed by atoms with Gasteiger partial charge in [0.25, 0.3) is 11.1 Å². The number of nitrogens with zero attached hydrogens (tertiary/aromatic N) is 1. The number of aryl methyl sites for hydroxylation is 1. The van der Waals surface area contributed by atoms with Crippen LogP contribution < -0.4 is 15.9 Å². The molecule has 0 saturated heterocycles. The lowest BCUT2D eigenvalue weighted by Crippen LogP contribution is -2.20. The Morgan fingerprint density at radius 2 is 2.00 bits per heavy atom. The summed E-state index contributed by atoms with van der Waals surface area (Å²) in [4.78, 5) is 27.2. The molecule has 0 amide bonds. The van der Waals surface area contributed by atoms with Crippen molar-refractivity contribution in [2.24, 2.45) is 0 Å². The summed E-state index contributed by atoms with van der Waals surface area (Å²) in [6, 6.07) is 0. The SMILES string of the molecule is CCc1ncc2c(=O)[nH][nH]c(=O)c2c1OC. The minimum Gasteiger partial charge on any atom is -0.494 e. The van der Waals surface area contributed by atoms with Crippen molar-refractivity contribution in [1.82, 2.24) is 15.2 Å². The van der Waals surface area contributed by atoms with E-state index in [0.29, 0.717) is 17.9 Å². The van der Waals surface area contributed by atoms with Crippen molar-refractivity contribution in [3.63, 3.8) is 0 Å². The molecule has 0 aliphatic rings. The molecule has 0 spiro atoms. The normalized spacial score (nSPS) is 10.6. The van der Waals surface area contributed by atoms with Crippen LogP contribution in [0.3, 0.4) is 0 Å². The van der Waals surface area contributed by atoms with E-state index in [0.717, 1.165) is 0 Å². The zero-order valence-corrected chi connectivity index (χ0v) is 8.96. The number of aromatic nitrogens is 3. The maximum Gasteiger partial charge on any atom is 0.274 e. The third-order valence-corrected chi connectivity index (χ3v) is 2.41. The van der Waals surface area contributed by atoms with Gasteiger partial charge in [-0.25, -0.2) is 0 Å². The number of H-pyrrole nitrogens is 2. The molecule has 0 saturated carbocycles. The average molecular weight is 221 g/mol. The molecule has 2 rings (SSSR count). The summed E-state index contributed by atoms with van der Waals surface area (Å²) < 4.78 is 5.15. The van der Waals surface area contributed by atoms with Crippen LogP contribution in [-0.4, -0.2) is 22.3 Å². The van der Waals surface area contributed by atoms with Crippen molar-refractivity contribution in [2.75, 3.05) is 7.11 Å². The van der Waals surface area contributed by atoms with E-state index in [1.807, 2.05) is 6.92 Å². The summed E-state index contributed by atoms with van der Waals surface area (Å²) in [5.74, 6) is 0.368. The number of pyridine rings is 1. The molecule has 16 heavy (non-hydrogen) atoms. The molecular weight excluding hydrogens is 210 g/mol. The molecule has 2 N–H and O–H groups in total. The van der Waals surface area contributed by atoms with Crippen molar-refractivity contribution in [2.45, 2.75) is 13.3 Å². The van der Waals surface area contributed by atoms with Gasteiger partial charge in [-0.05, 0) is 6.42 Å². The maximum atomic E-state index is 11.6. The number of nitrogens with one attached hydrogen (secondary N) is 2. The first-order valence-corrected chi connectivity index (χ1v) is 4.85. The Bertz CT molecular complexity index is 642. The standard InChI is InChI=1S/C10H11N3O3/c1-3-6-8(16-2)7-5(4-11-6)9(14)12-13-10(7)15/h4H,3H2,1-2H3,(H,12,14)(H,13,15). The van der Waals surface area contributed by atoms with Crippen LogP contribution in [0.25, 0.3) is 10.8 Å². The second-order valence-electron chi connectivity index (χ2n) is 3.29. The molecule has 0 fully saturated rings. The Kier molecular flexibility index (Phi) is 2.47. The predicted molar refractivity (Wildman–Crippen MR) is 58.9 cm³/mol. The van der Waals surface area contributed by atoms with Gasteiger partial charge in [0.2, 0.25) is 0 Å². The number of rotatable bonds is 2. The number of aromatic amines is 2. The molecule has 2 aromatic heterocycles. The molecule has 2 heterocycles. The number of methoxy groups -OCH3 is 1. The van der Waals surface area contributed by atoms with E-state index in [-0.39, 0.29) is 21.9 Å². The highest BCUT2D eigenvalue weighted by Gasteiger charge is 2.13. The third-order valence-electron chi connectivity index (χ3n) is 2.41. The minimum atomic E-state index is -0.386. The highest BCUT2D eigenvalue weighted by Crippen LogP contribution is 2.22. The van der Waals surface area contributed by atoms with E-state index in [1.165, 1.54) is 13.3 Å². The third kappa shape index (κ3) is 1.39. The second kappa shape index (κ2) is 3.80. The fraction of sp³-hybridized carbons (Fsp3) is 0.300. The maximum absolute atomic E-state index is 11.6. The van der Waals surface area contributed by atoms with Crippen LogP contribution in [0.2, 0.25) is 0 Å². The Labute approximate surface area is 90.3 Å². The van der Waals surface area contributed by atoms with Gasteiger partial charge in [0, 0.05) is 6.20 Å². The van der Waals surface area contributed by atoms with E-state index in [9.17, 15) is 9.59 Å². The summed E-state index contributed by atoms with van der Waals surface area (Å²) in [6.45, 7) is 1.90. The molecule has 0 aliphatic carbocycles. The van der Waals surface area contributed by atoms with Gasteiger partial charge in [0.15, 0.2) is 5.75 Å². The highest BCUT2D eigenvalue weighted by atomic mass is 16.5. The van der Waals surface area contributed by atoms with Gasteiger partial charge in [-0.15, -0.1) is 0 Å². The van der Waals surface area contributed by atoms with Gasteiger partial charge in [-0.3, -0.25) is 24.8 Å². The molecule has 2 aromatic rings. The van der Waals surface area contributed by atoms with Crippen LogP contribution in [0, 0.1) is 0 Å². The van der Waals surface area contributed by atoms with Crippen molar-refractivity contribution in [3.8, 4) is 5.75 Å². The van der Waals surface area contributed by atoms with E-state index in [2.05, 4.69) is 15.2 Å². The predicted octanol–water partition coefficient (Wildman–Crippen LogP) is 0.182. The van der Waals surface area contributed by atoms with Crippen molar-refractivity contribution < 1.29 is 4.74 Å². The summed E-state index contributed by atoms with van der Waals surface area (Å²) in [6.07, 6.45) is 2.02. The van der Waals surface area contributed by atoms with E-state index in [4.69, 9.17) is 4.74 Å². The largest absolute Gasteiger partial charge is 0.494 e. The fourth-order valence-corrected chi connectivity index (χ4v) is 1.64. The molecule has 0 aromatic carbocycles. The lowest BCUT2D eigenvalue weighted by Gasteiger charge is -2.07.